The molecule has 200 valence electrons. The van der Waals surface area contributed by atoms with E-state index in [1.54, 1.807) is 48.4 Å². The Hall–Kier alpha value is -0.375. The number of ether oxygens (including phenoxy) is 1. The lowest BCUT2D eigenvalue weighted by molar-refractivity contribution is -0.118. The number of aliphatic hydroxyl groups excluding tert-OH is 1. The molecule has 1 aliphatic rings. The van der Waals surface area contributed by atoms with E-state index in [-0.39, 0.29) is 42.2 Å². The topological polar surface area (TPSA) is 108 Å². The van der Waals surface area contributed by atoms with Gasteiger partial charge < -0.3 is 9.84 Å². The zero-order valence-corrected chi connectivity index (χ0v) is 24.0. The number of rotatable bonds is 12. The molecule has 1 fully saturated rings. The normalized spacial score (nSPS) is 25.3. The monoisotopic (exact) mass is 554 g/mol. The van der Waals surface area contributed by atoms with E-state index >= 15 is 0 Å². The molecule has 8 nitrogen and oxygen atoms in total. The van der Waals surface area contributed by atoms with Crippen LogP contribution in [0.4, 0.5) is 4.39 Å². The molecule has 1 saturated heterocycles. The number of thioether (sulfide) groups is 2. The Labute approximate surface area is 217 Å². The zero-order chi connectivity index (χ0) is 27.1. The summed E-state index contributed by atoms with van der Waals surface area (Å²) in [5.74, 6) is 2.36. The van der Waals surface area contributed by atoms with Crippen LogP contribution >= 0.6 is 31.3 Å². The summed E-state index contributed by atoms with van der Waals surface area (Å²) >= 11 is 2.05. The molecular weight excluding hydrogens is 517 g/mol. The van der Waals surface area contributed by atoms with Crippen LogP contribution in [0.2, 0.25) is 6.82 Å². The third-order valence-corrected chi connectivity index (χ3v) is 8.89. The molecule has 0 bridgehead atoms. The minimum absolute atomic E-state index is 0.0588. The van der Waals surface area contributed by atoms with Gasteiger partial charge in [-0.1, -0.05) is 77.8 Å². The number of hydrogen-bond donors (Lipinski definition) is 1. The molecule has 13 heteroatoms. The highest BCUT2D eigenvalue weighted by atomic mass is 32.2. The first-order chi connectivity index (χ1) is 16.0. The van der Waals surface area contributed by atoms with E-state index < -0.39 is 49.1 Å². The van der Waals surface area contributed by atoms with Crippen molar-refractivity contribution >= 4 is 48.9 Å². The largest absolute Gasteiger partial charge is 0.474 e. The van der Waals surface area contributed by atoms with E-state index in [2.05, 4.69) is 0 Å². The average molecular weight is 554 g/mol. The third kappa shape index (κ3) is 9.78. The highest BCUT2D eigenvalue weighted by Crippen LogP contribution is 2.50. The highest BCUT2D eigenvalue weighted by molar-refractivity contribution is 8.14. The predicted octanol–water partition coefficient (Wildman–Crippen LogP) is 3.67. The summed E-state index contributed by atoms with van der Waals surface area (Å²) in [4.78, 5) is 24.1. The number of aliphatic hydroxyl groups is 1. The molecule has 1 N–H and O–H groups in total. The average Bonchev–Trinajstić information content (AvgIpc) is 3.01. The second-order valence-corrected chi connectivity index (χ2v) is 13.9. The Balaban J connectivity index is 2.77. The number of alkyl halides is 1. The molecule has 0 spiro atoms. The number of carbonyl (C=O) groups is 2. The first-order valence-electron chi connectivity index (χ1n) is 11.4. The van der Waals surface area contributed by atoms with Crippen LogP contribution in [-0.4, -0.2) is 77.8 Å². The fraction of sp³-hybridized carbons (Fsp3) is 0.818. The van der Waals surface area contributed by atoms with E-state index in [0.29, 0.717) is 0 Å². The quantitative estimate of drug-likeness (QED) is 0.166. The third-order valence-electron chi connectivity index (χ3n) is 4.94. The summed E-state index contributed by atoms with van der Waals surface area (Å²) in [5.41, 5.74) is -3.48. The van der Waals surface area contributed by atoms with Gasteiger partial charge in [-0.2, -0.15) is 0 Å². The fourth-order valence-corrected chi connectivity index (χ4v) is 5.82. The van der Waals surface area contributed by atoms with Gasteiger partial charge in [0.05, 0.1) is 25.8 Å². The van der Waals surface area contributed by atoms with E-state index in [0.717, 1.165) is 23.5 Å². The van der Waals surface area contributed by atoms with Crippen molar-refractivity contribution in [1.29, 1.82) is 0 Å². The summed E-state index contributed by atoms with van der Waals surface area (Å²) in [7, 11) is -3.97. The van der Waals surface area contributed by atoms with Crippen molar-refractivity contribution in [2.45, 2.75) is 72.2 Å². The van der Waals surface area contributed by atoms with E-state index in [9.17, 15) is 23.7 Å². The molecular formula is C22H37BFO8PS2. The van der Waals surface area contributed by atoms with Crippen LogP contribution in [0.1, 0.15) is 41.5 Å². The molecule has 0 aromatic heterocycles. The fourth-order valence-electron chi connectivity index (χ4n) is 2.82. The number of halogens is 1. The lowest BCUT2D eigenvalue weighted by atomic mass is 9.67. The second-order valence-electron chi connectivity index (χ2n) is 10.1. The Morgan fingerprint density at radius 2 is 1.54 bits per heavy atom. The molecule has 1 rings (SSSR count). The Bertz CT molecular complexity index is 788. The molecule has 0 amide bonds. The van der Waals surface area contributed by atoms with Gasteiger partial charge in [-0.05, 0) is 0 Å². The SMILES string of the molecule is C#C[C@]1(F)[C@H](BC)O[C@H](COP(=O)(OCCSC(=O)C(C)(C)C)OCCSC(=O)C(C)(C)C)[C@H]1O. The molecule has 0 saturated carbocycles. The number of phosphoric acid groups is 1. The molecule has 0 aromatic rings. The maximum Gasteiger partial charge on any atom is 0.474 e. The minimum Gasteiger partial charge on any atom is -0.386 e. The van der Waals surface area contributed by atoms with Gasteiger partial charge in [0, 0.05) is 22.3 Å². The number of phosphoric ester groups is 1. The lowest BCUT2D eigenvalue weighted by Gasteiger charge is -2.23. The number of hydrogen-bond acceptors (Lipinski definition) is 10. The molecule has 0 aromatic carbocycles. The minimum atomic E-state index is -4.19. The van der Waals surface area contributed by atoms with Crippen LogP contribution in [0.5, 0.6) is 0 Å². The maximum absolute atomic E-state index is 14.9. The Kier molecular flexibility index (Phi) is 12.5. The lowest BCUT2D eigenvalue weighted by Crippen LogP contribution is -2.45. The van der Waals surface area contributed by atoms with Crippen molar-refractivity contribution in [3.8, 4) is 12.3 Å². The molecule has 0 aliphatic carbocycles. The Morgan fingerprint density at radius 1 is 1.09 bits per heavy atom. The van der Waals surface area contributed by atoms with Crippen molar-refractivity contribution in [2.75, 3.05) is 31.3 Å². The molecule has 0 unspecified atom stereocenters. The summed E-state index contributed by atoms with van der Waals surface area (Å²) in [6.45, 7) is 11.6. The molecule has 35 heavy (non-hydrogen) atoms. The summed E-state index contributed by atoms with van der Waals surface area (Å²) in [6.07, 6.45) is 2.40. The first-order valence-corrected chi connectivity index (χ1v) is 14.8. The predicted molar refractivity (Wildman–Crippen MR) is 140 cm³/mol. The van der Waals surface area contributed by atoms with Gasteiger partial charge in [-0.3, -0.25) is 23.2 Å². The van der Waals surface area contributed by atoms with E-state index in [4.69, 9.17) is 24.7 Å². The Morgan fingerprint density at radius 3 is 1.89 bits per heavy atom. The first kappa shape index (κ1) is 32.7. The van der Waals surface area contributed by atoms with Crippen LogP contribution in [0.3, 0.4) is 0 Å². The van der Waals surface area contributed by atoms with Gasteiger partial charge >= 0.3 is 7.82 Å². The van der Waals surface area contributed by atoms with Gasteiger partial charge in [0.1, 0.15) is 12.2 Å². The van der Waals surface area contributed by atoms with Gasteiger partial charge in [0.25, 0.3) is 0 Å². The maximum atomic E-state index is 14.9. The zero-order valence-electron chi connectivity index (χ0n) is 21.5. The van der Waals surface area contributed by atoms with Gasteiger partial charge in [0.2, 0.25) is 5.67 Å². The van der Waals surface area contributed by atoms with E-state index in [1.165, 1.54) is 0 Å². The summed E-state index contributed by atoms with van der Waals surface area (Å²) < 4.78 is 49.7. The van der Waals surface area contributed by atoms with Gasteiger partial charge in [-0.15, -0.1) is 6.42 Å². The van der Waals surface area contributed by atoms with Gasteiger partial charge in [0.15, 0.2) is 17.5 Å². The van der Waals surface area contributed by atoms with Crippen molar-refractivity contribution < 1.29 is 42.0 Å². The van der Waals surface area contributed by atoms with Crippen molar-refractivity contribution in [2.24, 2.45) is 10.8 Å². The van der Waals surface area contributed by atoms with Crippen molar-refractivity contribution in [3.05, 3.63) is 0 Å². The molecule has 1 aliphatic heterocycles. The smallest absolute Gasteiger partial charge is 0.386 e. The molecule has 4 atom stereocenters. The van der Waals surface area contributed by atoms with Gasteiger partial charge in [-0.25, -0.2) is 8.96 Å². The number of terminal acetylenes is 1. The van der Waals surface area contributed by atoms with Crippen molar-refractivity contribution in [1.82, 2.24) is 0 Å². The standard InChI is InChI=1S/C22H37BFO8PS2/c1-9-22(24)16(25)15(32-17(22)23-8)14-31-33(28,29-10-12-34-18(26)20(2,3)4)30-11-13-35-19(27)21(5,6)7/h1,15-17,23,25H,10-14H2,2-8H3/t15-,16-,17-,22-/m1/s1. The van der Waals surface area contributed by atoms with Crippen LogP contribution in [0.15, 0.2) is 0 Å². The van der Waals surface area contributed by atoms with Crippen LogP contribution in [-0.2, 0) is 32.5 Å². The summed E-state index contributed by atoms with van der Waals surface area (Å²) in [6, 6.07) is -1.04. The van der Waals surface area contributed by atoms with Crippen LogP contribution in [0, 0.1) is 23.2 Å². The highest BCUT2D eigenvalue weighted by Gasteiger charge is 2.55. The van der Waals surface area contributed by atoms with Crippen LogP contribution < -0.4 is 0 Å². The molecule has 1 heterocycles. The van der Waals surface area contributed by atoms with Crippen LogP contribution in [0.25, 0.3) is 0 Å². The second kappa shape index (κ2) is 13.4. The summed E-state index contributed by atoms with van der Waals surface area (Å²) in [5, 5.41) is 10.2. The molecule has 0 radical (unpaired) electrons. The number of carbonyl (C=O) groups excluding carboxylic acids is 2. The van der Waals surface area contributed by atoms with E-state index in [1.807, 2.05) is 5.92 Å². The van der Waals surface area contributed by atoms with Crippen molar-refractivity contribution in [3.63, 3.8) is 0 Å².